The number of rotatable bonds is 7. The van der Waals surface area contributed by atoms with Crippen molar-refractivity contribution in [2.75, 3.05) is 6.61 Å². The fourth-order valence-corrected chi connectivity index (χ4v) is 2.33. The van der Waals surface area contributed by atoms with Gasteiger partial charge < -0.3 is 9.84 Å². The molecule has 0 aliphatic carbocycles. The topological polar surface area (TPSA) is 64.3 Å². The summed E-state index contributed by atoms with van der Waals surface area (Å²) in [5.41, 5.74) is 0.725. The molecule has 0 bridgehead atoms. The Labute approximate surface area is 138 Å². The Morgan fingerprint density at radius 2 is 2.14 bits per heavy atom. The Morgan fingerprint density at radius 3 is 2.77 bits per heavy atom. The van der Waals surface area contributed by atoms with Crippen LogP contribution in [0.4, 0.5) is 0 Å². The number of nitrogens with zero attached hydrogens (tertiary/aromatic N) is 2. The standard InChI is InChI=1S/C15H16Cl2N2O3/c1-2-3-6-22-14-8-13(15(20)21)18-19(14)9-10-4-5-11(16)7-12(10)17/h4-5,7-8H,2-3,6,9H2,1H3,(H,20,21). The minimum atomic E-state index is -1.10. The number of aromatic carboxylic acids is 1. The number of benzene rings is 1. The highest BCUT2D eigenvalue weighted by Crippen LogP contribution is 2.24. The number of carbonyl (C=O) groups is 1. The molecule has 1 N–H and O–H groups in total. The van der Waals surface area contributed by atoms with Gasteiger partial charge in [-0.1, -0.05) is 42.6 Å². The van der Waals surface area contributed by atoms with Crippen molar-refractivity contribution in [2.45, 2.75) is 26.3 Å². The molecule has 1 heterocycles. The second-order valence-electron chi connectivity index (χ2n) is 4.77. The van der Waals surface area contributed by atoms with Gasteiger partial charge in [0.05, 0.1) is 13.2 Å². The van der Waals surface area contributed by atoms with Crippen LogP contribution in [-0.2, 0) is 6.54 Å². The monoisotopic (exact) mass is 342 g/mol. The molecule has 0 aliphatic heterocycles. The van der Waals surface area contributed by atoms with Gasteiger partial charge in [0.15, 0.2) is 5.69 Å². The summed E-state index contributed by atoms with van der Waals surface area (Å²) in [4.78, 5) is 11.1. The summed E-state index contributed by atoms with van der Waals surface area (Å²) in [6.07, 6.45) is 1.87. The first-order valence-corrected chi connectivity index (χ1v) is 7.64. The van der Waals surface area contributed by atoms with Crippen LogP contribution >= 0.6 is 23.2 Å². The first-order chi connectivity index (χ1) is 10.5. The van der Waals surface area contributed by atoms with Gasteiger partial charge in [-0.25, -0.2) is 9.48 Å². The van der Waals surface area contributed by atoms with Crippen LogP contribution in [-0.4, -0.2) is 27.5 Å². The normalized spacial score (nSPS) is 10.7. The average Bonchev–Trinajstić information content (AvgIpc) is 2.86. The molecule has 5 nitrogen and oxygen atoms in total. The highest BCUT2D eigenvalue weighted by Gasteiger charge is 2.15. The molecule has 2 aromatic rings. The van der Waals surface area contributed by atoms with Gasteiger partial charge in [0.25, 0.3) is 0 Å². The Balaban J connectivity index is 2.25. The third-order valence-corrected chi connectivity index (χ3v) is 3.63. The van der Waals surface area contributed by atoms with E-state index >= 15 is 0 Å². The third kappa shape index (κ3) is 4.15. The molecule has 0 spiro atoms. The van der Waals surface area contributed by atoms with E-state index in [1.807, 2.05) is 0 Å². The van der Waals surface area contributed by atoms with E-state index in [4.69, 9.17) is 33.0 Å². The van der Waals surface area contributed by atoms with E-state index in [0.29, 0.717) is 29.1 Å². The molecule has 1 aromatic heterocycles. The number of carboxylic acid groups (broad SMARTS) is 1. The third-order valence-electron chi connectivity index (χ3n) is 3.05. The lowest BCUT2D eigenvalue weighted by molar-refractivity contribution is 0.0689. The fraction of sp³-hybridized carbons (Fsp3) is 0.333. The minimum absolute atomic E-state index is 0.0587. The molecule has 0 aliphatic rings. The zero-order chi connectivity index (χ0) is 16.1. The molecule has 1 aromatic carbocycles. The van der Waals surface area contributed by atoms with E-state index in [2.05, 4.69) is 12.0 Å². The molecule has 0 fully saturated rings. The Hall–Kier alpha value is -1.72. The maximum Gasteiger partial charge on any atom is 0.356 e. The van der Waals surface area contributed by atoms with Crippen molar-refractivity contribution in [3.05, 3.63) is 45.6 Å². The van der Waals surface area contributed by atoms with Crippen molar-refractivity contribution >= 4 is 29.2 Å². The Morgan fingerprint density at radius 1 is 1.36 bits per heavy atom. The molecule has 2 rings (SSSR count). The number of ether oxygens (including phenoxy) is 1. The van der Waals surface area contributed by atoms with Gasteiger partial charge in [0.1, 0.15) is 0 Å². The molecule has 0 saturated carbocycles. The van der Waals surface area contributed by atoms with Crippen LogP contribution in [0, 0.1) is 0 Å². The number of halogens is 2. The van der Waals surface area contributed by atoms with Crippen LogP contribution in [0.3, 0.4) is 0 Å². The number of carboxylic acids is 1. The lowest BCUT2D eigenvalue weighted by Crippen LogP contribution is -2.08. The summed E-state index contributed by atoms with van der Waals surface area (Å²) in [7, 11) is 0. The van der Waals surface area contributed by atoms with Gasteiger partial charge in [-0.05, 0) is 24.1 Å². The van der Waals surface area contributed by atoms with Crippen LogP contribution in [0.5, 0.6) is 5.88 Å². The second kappa shape index (κ2) is 7.51. The highest BCUT2D eigenvalue weighted by atomic mass is 35.5. The lowest BCUT2D eigenvalue weighted by Gasteiger charge is -2.10. The molecule has 0 radical (unpaired) electrons. The van der Waals surface area contributed by atoms with Gasteiger partial charge in [0.2, 0.25) is 5.88 Å². The van der Waals surface area contributed by atoms with E-state index in [9.17, 15) is 4.79 Å². The molecule has 22 heavy (non-hydrogen) atoms. The predicted octanol–water partition coefficient (Wildman–Crippen LogP) is 4.12. The zero-order valence-electron chi connectivity index (χ0n) is 12.1. The highest BCUT2D eigenvalue weighted by molar-refractivity contribution is 6.35. The predicted molar refractivity (Wildman–Crippen MR) is 85.2 cm³/mol. The molecule has 0 atom stereocenters. The second-order valence-corrected chi connectivity index (χ2v) is 5.61. The summed E-state index contributed by atoms with van der Waals surface area (Å²) in [6.45, 7) is 2.87. The van der Waals surface area contributed by atoms with Crippen molar-refractivity contribution in [2.24, 2.45) is 0 Å². The van der Waals surface area contributed by atoms with Crippen molar-refractivity contribution in [3.63, 3.8) is 0 Å². The van der Waals surface area contributed by atoms with Crippen LogP contribution in [0.1, 0.15) is 35.8 Å². The van der Waals surface area contributed by atoms with Gasteiger partial charge >= 0.3 is 5.97 Å². The molecule has 7 heteroatoms. The van der Waals surface area contributed by atoms with Gasteiger partial charge in [-0.15, -0.1) is 0 Å². The lowest BCUT2D eigenvalue weighted by atomic mass is 10.2. The quantitative estimate of drug-likeness (QED) is 0.768. The van der Waals surface area contributed by atoms with Crippen LogP contribution < -0.4 is 4.74 Å². The van der Waals surface area contributed by atoms with E-state index < -0.39 is 5.97 Å². The van der Waals surface area contributed by atoms with E-state index in [-0.39, 0.29) is 5.69 Å². The summed E-state index contributed by atoms with van der Waals surface area (Å²) < 4.78 is 7.11. The number of unbranched alkanes of at least 4 members (excludes halogenated alkanes) is 1. The van der Waals surface area contributed by atoms with Gasteiger partial charge in [0, 0.05) is 16.1 Å². The molecular formula is C15H16Cl2N2O3. The summed E-state index contributed by atoms with van der Waals surface area (Å²) >= 11 is 12.0. The molecule has 0 unspecified atom stereocenters. The summed E-state index contributed by atoms with van der Waals surface area (Å²) in [5, 5.41) is 14.2. The van der Waals surface area contributed by atoms with Crippen molar-refractivity contribution in [1.82, 2.24) is 9.78 Å². The first kappa shape index (κ1) is 16.6. The van der Waals surface area contributed by atoms with Crippen LogP contribution in [0.2, 0.25) is 10.0 Å². The summed E-state index contributed by atoms with van der Waals surface area (Å²) in [5.74, 6) is -0.682. The first-order valence-electron chi connectivity index (χ1n) is 6.89. The van der Waals surface area contributed by atoms with E-state index in [1.165, 1.54) is 10.7 Å². The van der Waals surface area contributed by atoms with Gasteiger partial charge in [-0.2, -0.15) is 5.10 Å². The largest absolute Gasteiger partial charge is 0.478 e. The summed E-state index contributed by atoms with van der Waals surface area (Å²) in [6, 6.07) is 6.56. The van der Waals surface area contributed by atoms with Crippen LogP contribution in [0.15, 0.2) is 24.3 Å². The van der Waals surface area contributed by atoms with E-state index in [0.717, 1.165) is 18.4 Å². The number of aromatic nitrogens is 2. The maximum absolute atomic E-state index is 11.1. The molecule has 0 amide bonds. The zero-order valence-corrected chi connectivity index (χ0v) is 13.6. The van der Waals surface area contributed by atoms with Crippen LogP contribution in [0.25, 0.3) is 0 Å². The van der Waals surface area contributed by atoms with E-state index in [1.54, 1.807) is 18.2 Å². The maximum atomic E-state index is 11.1. The van der Waals surface area contributed by atoms with Crippen molar-refractivity contribution < 1.29 is 14.6 Å². The van der Waals surface area contributed by atoms with Gasteiger partial charge in [-0.3, -0.25) is 0 Å². The average molecular weight is 343 g/mol. The van der Waals surface area contributed by atoms with Crippen molar-refractivity contribution in [3.8, 4) is 5.88 Å². The smallest absolute Gasteiger partial charge is 0.356 e. The minimum Gasteiger partial charge on any atom is -0.478 e. The molecule has 118 valence electrons. The number of hydrogen-bond acceptors (Lipinski definition) is 3. The molecular weight excluding hydrogens is 327 g/mol. The SMILES string of the molecule is CCCCOc1cc(C(=O)O)nn1Cc1ccc(Cl)cc1Cl. The number of hydrogen-bond donors (Lipinski definition) is 1. The molecule has 0 saturated heterocycles. The van der Waals surface area contributed by atoms with Crippen molar-refractivity contribution in [1.29, 1.82) is 0 Å². The Bertz CT molecular complexity index is 671. The fourth-order valence-electron chi connectivity index (χ4n) is 1.87. The Kier molecular flexibility index (Phi) is 5.69.